The maximum atomic E-state index is 9.01. The molecule has 0 saturated carbocycles. The van der Waals surface area contributed by atoms with E-state index < -0.39 is 62.9 Å². The molecular formula is C10H15O15V. The zero-order chi connectivity index (χ0) is 21.4. The number of hydrogen-bond acceptors (Lipinski definition) is 15. The van der Waals surface area contributed by atoms with Crippen LogP contribution in [0.5, 0.6) is 0 Å². The fourth-order valence-electron chi connectivity index (χ4n) is 0. The molecule has 0 amide bonds. The topological polar surface area (TPSA) is 302 Å². The summed E-state index contributed by atoms with van der Waals surface area (Å²) >= 11 is 0. The molecular weight excluding hydrogens is 411 g/mol. The van der Waals surface area contributed by atoms with Crippen LogP contribution in [0.3, 0.4) is 0 Å². The summed E-state index contributed by atoms with van der Waals surface area (Å²) in [6.07, 6.45) is 0. The van der Waals surface area contributed by atoms with E-state index in [4.69, 9.17) is 75.0 Å². The van der Waals surface area contributed by atoms with Gasteiger partial charge in [0, 0.05) is 0 Å². The molecule has 0 aliphatic heterocycles. The van der Waals surface area contributed by atoms with Gasteiger partial charge >= 0.3 is 18.6 Å². The van der Waals surface area contributed by atoms with Crippen molar-refractivity contribution in [3.8, 4) is 0 Å². The minimum atomic E-state index is -1.44. The Balaban J connectivity index is -0.0000000476. The predicted octanol–water partition coefficient (Wildman–Crippen LogP) is -11.4. The Morgan fingerprint density at radius 2 is 0.462 bits per heavy atom. The third-order valence-corrected chi connectivity index (χ3v) is 0.645. The largest absolute Gasteiger partial charge is 5.00 e. The quantitative estimate of drug-likeness (QED) is 0.272. The minimum Gasteiger partial charge on any atom is -0.548 e. The summed E-state index contributed by atoms with van der Waals surface area (Å²) in [6.45, 7) is -4.44. The van der Waals surface area contributed by atoms with Crippen LogP contribution in [0, 0.1) is 0 Å². The molecule has 0 aliphatic rings. The number of aliphatic hydroxyl groups is 5. The Morgan fingerprint density at radius 1 is 0.423 bits per heavy atom. The summed E-state index contributed by atoms with van der Waals surface area (Å²) in [4.78, 5) is 45.0. The molecule has 26 heavy (non-hydrogen) atoms. The third kappa shape index (κ3) is 156. The Kier molecular flexibility index (Phi) is 51.2. The average molecular weight is 426 g/mol. The normalized spacial score (nSPS) is 7.12. The molecule has 0 bridgehead atoms. The molecule has 0 aliphatic carbocycles. The Hall–Kier alpha value is -2.27. The molecule has 5 N–H and O–H groups in total. The van der Waals surface area contributed by atoms with Crippen LogP contribution < -0.4 is 25.5 Å². The van der Waals surface area contributed by atoms with Crippen molar-refractivity contribution < 1.29 is 93.6 Å². The SMILES string of the molecule is O=C([O-])CO.O=C([O-])CO.O=C([O-])CO.O=C([O-])CO.O=C([O-])CO.[V+5]. The molecule has 0 fully saturated rings. The fourth-order valence-corrected chi connectivity index (χ4v) is 0. The predicted molar refractivity (Wildman–Crippen MR) is 60.5 cm³/mol. The van der Waals surface area contributed by atoms with E-state index in [1.165, 1.54) is 0 Å². The Bertz CT molecular complexity index is 288. The molecule has 150 valence electrons. The van der Waals surface area contributed by atoms with Crippen LogP contribution in [0.4, 0.5) is 0 Å². The van der Waals surface area contributed by atoms with Gasteiger partial charge in [0.1, 0.15) is 0 Å². The van der Waals surface area contributed by atoms with Gasteiger partial charge in [-0.2, -0.15) is 0 Å². The molecule has 15 nitrogen and oxygen atoms in total. The zero-order valence-electron chi connectivity index (χ0n) is 12.8. The van der Waals surface area contributed by atoms with Gasteiger partial charge in [0.05, 0.1) is 62.9 Å². The molecule has 0 unspecified atom stereocenters. The van der Waals surface area contributed by atoms with E-state index in [2.05, 4.69) is 0 Å². The summed E-state index contributed by atoms with van der Waals surface area (Å²) in [6, 6.07) is 0. The van der Waals surface area contributed by atoms with Crippen LogP contribution in [0.2, 0.25) is 0 Å². The molecule has 0 atom stereocenters. The monoisotopic (exact) mass is 426 g/mol. The Morgan fingerprint density at radius 3 is 0.462 bits per heavy atom. The fraction of sp³-hybridized carbons (Fsp3) is 0.500. The number of carboxylic acids is 5. The molecule has 0 aromatic carbocycles. The summed E-state index contributed by atoms with van der Waals surface area (Å²) < 4.78 is 0. The van der Waals surface area contributed by atoms with E-state index in [0.29, 0.717) is 0 Å². The van der Waals surface area contributed by atoms with Gasteiger partial charge in [-0.05, 0) is 0 Å². The molecule has 0 heterocycles. The average Bonchev–Trinajstić information content (AvgIpc) is 2.56. The van der Waals surface area contributed by atoms with E-state index in [9.17, 15) is 0 Å². The molecule has 0 aromatic heterocycles. The van der Waals surface area contributed by atoms with Crippen molar-refractivity contribution in [1.29, 1.82) is 0 Å². The van der Waals surface area contributed by atoms with Crippen LogP contribution in [-0.2, 0) is 42.5 Å². The van der Waals surface area contributed by atoms with E-state index in [1.807, 2.05) is 0 Å². The standard InChI is InChI=1S/5C2H4O3.V/c5*3-1-2(4)5;/h5*3H,1H2,(H,4,5);/q;;;;;+5/p-5. The van der Waals surface area contributed by atoms with E-state index >= 15 is 0 Å². The molecule has 16 heteroatoms. The van der Waals surface area contributed by atoms with Crippen LogP contribution in [-0.4, -0.2) is 88.4 Å². The third-order valence-electron chi connectivity index (χ3n) is 0.645. The number of carbonyl (C=O) groups excluding carboxylic acids is 5. The van der Waals surface area contributed by atoms with Gasteiger partial charge in [0.25, 0.3) is 0 Å². The first-order chi connectivity index (χ1) is 11.4. The van der Waals surface area contributed by atoms with Crippen molar-refractivity contribution in [2.45, 2.75) is 0 Å². The van der Waals surface area contributed by atoms with Gasteiger partial charge in [-0.15, -0.1) is 0 Å². The molecule has 0 aromatic rings. The summed E-state index contributed by atoms with van der Waals surface area (Å²) in [5.41, 5.74) is 0. The smallest absolute Gasteiger partial charge is 0.548 e. The molecule has 0 spiro atoms. The number of aliphatic carboxylic acids is 5. The second kappa shape index (κ2) is 34.1. The Labute approximate surface area is 157 Å². The first kappa shape index (κ1) is 39.0. The second-order valence-corrected chi connectivity index (χ2v) is 2.65. The van der Waals surface area contributed by atoms with Crippen molar-refractivity contribution in [2.24, 2.45) is 0 Å². The van der Waals surface area contributed by atoms with Crippen molar-refractivity contribution in [3.05, 3.63) is 0 Å². The van der Waals surface area contributed by atoms with E-state index in [-0.39, 0.29) is 18.6 Å². The van der Waals surface area contributed by atoms with E-state index in [1.54, 1.807) is 0 Å². The molecule has 0 radical (unpaired) electrons. The van der Waals surface area contributed by atoms with Gasteiger partial charge in [-0.3, -0.25) is 0 Å². The molecule has 0 saturated heterocycles. The summed E-state index contributed by atoms with van der Waals surface area (Å²) in [5, 5.41) is 82.4. The maximum Gasteiger partial charge on any atom is 5.00 e. The van der Waals surface area contributed by atoms with Crippen LogP contribution in [0.1, 0.15) is 0 Å². The first-order valence-corrected chi connectivity index (χ1v) is 5.39. The van der Waals surface area contributed by atoms with Gasteiger partial charge in [0.15, 0.2) is 0 Å². The number of aliphatic hydroxyl groups excluding tert-OH is 5. The van der Waals surface area contributed by atoms with Crippen LogP contribution in [0.15, 0.2) is 0 Å². The number of carboxylic acid groups (broad SMARTS) is 5. The van der Waals surface area contributed by atoms with Gasteiger partial charge in [-0.1, -0.05) is 0 Å². The maximum absolute atomic E-state index is 9.01. The van der Waals surface area contributed by atoms with Gasteiger partial charge in [0.2, 0.25) is 0 Å². The van der Waals surface area contributed by atoms with Crippen molar-refractivity contribution >= 4 is 29.8 Å². The summed E-state index contributed by atoms with van der Waals surface area (Å²) in [7, 11) is 0. The van der Waals surface area contributed by atoms with E-state index in [0.717, 1.165) is 0 Å². The molecule has 0 rings (SSSR count). The first-order valence-electron chi connectivity index (χ1n) is 5.39. The van der Waals surface area contributed by atoms with Gasteiger partial charge < -0.3 is 75.0 Å². The van der Waals surface area contributed by atoms with Crippen LogP contribution >= 0.6 is 0 Å². The van der Waals surface area contributed by atoms with Gasteiger partial charge in [-0.25, -0.2) is 0 Å². The summed E-state index contributed by atoms with van der Waals surface area (Å²) in [5.74, 6) is -7.20. The number of rotatable bonds is 5. The number of carbonyl (C=O) groups is 5. The number of hydrogen-bond donors (Lipinski definition) is 5. The van der Waals surface area contributed by atoms with Crippen LogP contribution in [0.25, 0.3) is 0 Å². The minimum absolute atomic E-state index is 0. The van der Waals surface area contributed by atoms with Crippen molar-refractivity contribution in [3.63, 3.8) is 0 Å². The van der Waals surface area contributed by atoms with Crippen molar-refractivity contribution in [2.75, 3.05) is 33.0 Å². The zero-order valence-corrected chi connectivity index (χ0v) is 14.2. The van der Waals surface area contributed by atoms with Crippen molar-refractivity contribution in [1.82, 2.24) is 0 Å². The second-order valence-electron chi connectivity index (χ2n) is 2.65.